The summed E-state index contributed by atoms with van der Waals surface area (Å²) in [6.45, 7) is 0.569. The SMILES string of the molecule is CN=C(NCCS(=O)(=O)N1CCc2ccccc21)NCc1nc(C(F)(F)F)cs1.I. The van der Waals surface area contributed by atoms with Crippen molar-refractivity contribution in [2.45, 2.75) is 19.1 Å². The smallest absolute Gasteiger partial charge is 0.355 e. The van der Waals surface area contributed by atoms with Gasteiger partial charge in [0.15, 0.2) is 11.7 Å². The standard InChI is InChI=1S/C17H20F3N5O2S2.HI/c1-21-16(23-10-15-24-14(11-28-15)17(18,19)20)22-7-9-29(26,27)25-8-6-12-4-2-3-5-13(12)25;/h2-5,11H,6-10H2,1H3,(H2,21,22,23);1H. The predicted molar refractivity (Wildman–Crippen MR) is 122 cm³/mol. The van der Waals surface area contributed by atoms with E-state index in [-0.39, 0.29) is 53.8 Å². The summed E-state index contributed by atoms with van der Waals surface area (Å²) in [5, 5.41) is 6.90. The number of anilines is 1. The van der Waals surface area contributed by atoms with Crippen molar-refractivity contribution in [2.75, 3.05) is 30.2 Å². The molecule has 0 radical (unpaired) electrons. The predicted octanol–water partition coefficient (Wildman–Crippen LogP) is 2.84. The highest BCUT2D eigenvalue weighted by Crippen LogP contribution is 2.30. The lowest BCUT2D eigenvalue weighted by molar-refractivity contribution is -0.140. The lowest BCUT2D eigenvalue weighted by Crippen LogP contribution is -2.41. The third-order valence-corrected chi connectivity index (χ3v) is 6.93. The van der Waals surface area contributed by atoms with Crippen LogP contribution in [0.4, 0.5) is 18.9 Å². The molecule has 2 aromatic rings. The molecule has 0 saturated carbocycles. The van der Waals surface area contributed by atoms with Crippen LogP contribution in [-0.2, 0) is 29.2 Å². The number of halogens is 4. The van der Waals surface area contributed by atoms with Crippen molar-refractivity contribution in [2.24, 2.45) is 4.99 Å². The number of rotatable bonds is 6. The zero-order valence-electron chi connectivity index (χ0n) is 15.9. The molecule has 3 rings (SSSR count). The molecule has 0 atom stereocenters. The number of thiazole rings is 1. The Morgan fingerprint density at radius 2 is 2.03 bits per heavy atom. The first-order valence-corrected chi connectivity index (χ1v) is 11.2. The highest BCUT2D eigenvalue weighted by Gasteiger charge is 2.33. The number of nitrogens with one attached hydrogen (secondary N) is 2. The minimum absolute atomic E-state index is 0. The van der Waals surface area contributed by atoms with E-state index in [0.29, 0.717) is 18.7 Å². The Morgan fingerprint density at radius 3 is 2.70 bits per heavy atom. The van der Waals surface area contributed by atoms with Gasteiger partial charge in [-0.25, -0.2) is 13.4 Å². The number of guanidine groups is 1. The summed E-state index contributed by atoms with van der Waals surface area (Å²) in [7, 11) is -2.02. The lowest BCUT2D eigenvalue weighted by atomic mass is 10.2. The average molecular weight is 575 g/mol. The molecule has 30 heavy (non-hydrogen) atoms. The van der Waals surface area contributed by atoms with Gasteiger partial charge in [-0.1, -0.05) is 18.2 Å². The number of aliphatic imine (C=N–C) groups is 1. The molecule has 0 amide bonds. The van der Waals surface area contributed by atoms with Crippen LogP contribution in [0.2, 0.25) is 0 Å². The number of aromatic nitrogens is 1. The van der Waals surface area contributed by atoms with Crippen molar-refractivity contribution >= 4 is 57.0 Å². The van der Waals surface area contributed by atoms with Gasteiger partial charge < -0.3 is 10.6 Å². The second kappa shape index (κ2) is 10.1. The van der Waals surface area contributed by atoms with Gasteiger partial charge in [-0.05, 0) is 18.1 Å². The Labute approximate surface area is 193 Å². The molecule has 0 aliphatic carbocycles. The van der Waals surface area contributed by atoms with Crippen LogP contribution in [0.15, 0.2) is 34.6 Å². The van der Waals surface area contributed by atoms with Gasteiger partial charge in [-0.3, -0.25) is 9.30 Å². The van der Waals surface area contributed by atoms with Gasteiger partial charge in [0.05, 0.1) is 18.0 Å². The van der Waals surface area contributed by atoms with Gasteiger partial charge in [0, 0.05) is 25.5 Å². The first-order chi connectivity index (χ1) is 13.7. The fourth-order valence-corrected chi connectivity index (χ4v) is 5.08. The van der Waals surface area contributed by atoms with Gasteiger partial charge in [0.25, 0.3) is 0 Å². The molecule has 0 fully saturated rings. The maximum Gasteiger partial charge on any atom is 0.434 e. The second-order valence-electron chi connectivity index (χ2n) is 6.24. The van der Waals surface area contributed by atoms with Gasteiger partial charge in [0.2, 0.25) is 10.0 Å². The van der Waals surface area contributed by atoms with Crippen molar-refractivity contribution in [1.82, 2.24) is 15.6 Å². The fraction of sp³-hybridized carbons (Fsp3) is 0.412. The van der Waals surface area contributed by atoms with Crippen molar-refractivity contribution < 1.29 is 21.6 Å². The maximum atomic E-state index is 12.7. The van der Waals surface area contributed by atoms with Gasteiger partial charge in [-0.2, -0.15) is 13.2 Å². The van der Waals surface area contributed by atoms with Crippen LogP contribution in [0.25, 0.3) is 0 Å². The van der Waals surface area contributed by atoms with E-state index in [1.54, 1.807) is 12.1 Å². The Morgan fingerprint density at radius 1 is 1.30 bits per heavy atom. The normalized spacial score (nSPS) is 14.3. The highest BCUT2D eigenvalue weighted by molar-refractivity contribution is 14.0. The molecule has 0 saturated heterocycles. The summed E-state index contributed by atoms with van der Waals surface area (Å²) in [4.78, 5) is 7.48. The molecule has 1 aromatic carbocycles. The summed E-state index contributed by atoms with van der Waals surface area (Å²) >= 11 is 0.888. The maximum absolute atomic E-state index is 12.7. The molecule has 0 spiro atoms. The summed E-state index contributed by atoms with van der Waals surface area (Å²) in [6, 6.07) is 7.39. The van der Waals surface area contributed by atoms with E-state index in [0.717, 1.165) is 22.3 Å². The van der Waals surface area contributed by atoms with E-state index in [4.69, 9.17) is 0 Å². The van der Waals surface area contributed by atoms with Crippen LogP contribution >= 0.6 is 35.3 Å². The van der Waals surface area contributed by atoms with Crippen molar-refractivity contribution in [3.05, 3.63) is 45.9 Å². The molecular formula is C17H21F3IN5O2S2. The molecule has 13 heteroatoms. The molecule has 0 unspecified atom stereocenters. The summed E-state index contributed by atoms with van der Waals surface area (Å²) in [5.41, 5.74) is 0.779. The lowest BCUT2D eigenvalue weighted by Gasteiger charge is -2.20. The summed E-state index contributed by atoms with van der Waals surface area (Å²) in [5.74, 6) is 0.142. The quantitative estimate of drug-likeness (QED) is 0.315. The molecule has 1 aliphatic rings. The van der Waals surface area contributed by atoms with E-state index in [9.17, 15) is 21.6 Å². The number of sulfonamides is 1. The van der Waals surface area contributed by atoms with E-state index in [1.807, 2.05) is 12.1 Å². The number of benzene rings is 1. The number of hydrogen-bond donors (Lipinski definition) is 2. The second-order valence-corrected chi connectivity index (χ2v) is 9.20. The topological polar surface area (TPSA) is 86.7 Å². The number of hydrogen-bond acceptors (Lipinski definition) is 5. The largest absolute Gasteiger partial charge is 0.434 e. The van der Waals surface area contributed by atoms with E-state index >= 15 is 0 Å². The van der Waals surface area contributed by atoms with Crippen molar-refractivity contribution in [3.63, 3.8) is 0 Å². The Hall–Kier alpha value is -1.61. The Kier molecular flexibility index (Phi) is 8.33. The zero-order valence-corrected chi connectivity index (χ0v) is 19.9. The molecule has 7 nitrogen and oxygen atoms in total. The molecule has 1 aromatic heterocycles. The van der Waals surface area contributed by atoms with E-state index < -0.39 is 21.9 Å². The van der Waals surface area contributed by atoms with Crippen LogP contribution in [0.1, 0.15) is 16.3 Å². The van der Waals surface area contributed by atoms with E-state index in [1.165, 1.54) is 11.4 Å². The molecule has 0 bridgehead atoms. The average Bonchev–Trinajstić information content (AvgIpc) is 3.31. The fourth-order valence-electron chi connectivity index (χ4n) is 2.91. The van der Waals surface area contributed by atoms with Crippen LogP contribution < -0.4 is 14.9 Å². The zero-order chi connectivity index (χ0) is 21.1. The van der Waals surface area contributed by atoms with Crippen LogP contribution in [0.3, 0.4) is 0 Å². The number of nitrogens with zero attached hydrogens (tertiary/aromatic N) is 3. The number of alkyl halides is 3. The van der Waals surface area contributed by atoms with Crippen LogP contribution in [-0.4, -0.2) is 45.3 Å². The van der Waals surface area contributed by atoms with Crippen LogP contribution in [0, 0.1) is 0 Å². The third kappa shape index (κ3) is 5.97. The molecule has 2 N–H and O–H groups in total. The van der Waals surface area contributed by atoms with Crippen LogP contribution in [0.5, 0.6) is 0 Å². The van der Waals surface area contributed by atoms with E-state index in [2.05, 4.69) is 20.6 Å². The molecule has 2 heterocycles. The number of fused-ring (bicyclic) bond motifs is 1. The monoisotopic (exact) mass is 575 g/mol. The highest BCUT2D eigenvalue weighted by atomic mass is 127. The first-order valence-electron chi connectivity index (χ1n) is 8.75. The Bertz CT molecular complexity index is 995. The minimum atomic E-state index is -4.47. The van der Waals surface area contributed by atoms with Gasteiger partial charge in [-0.15, -0.1) is 35.3 Å². The van der Waals surface area contributed by atoms with Crippen molar-refractivity contribution in [1.29, 1.82) is 0 Å². The third-order valence-electron chi connectivity index (χ3n) is 4.31. The molecule has 1 aliphatic heterocycles. The minimum Gasteiger partial charge on any atom is -0.355 e. The molecular weight excluding hydrogens is 554 g/mol. The summed E-state index contributed by atoms with van der Waals surface area (Å²) in [6.07, 6.45) is -3.79. The van der Waals surface area contributed by atoms with Gasteiger partial charge >= 0.3 is 6.18 Å². The summed E-state index contributed by atoms with van der Waals surface area (Å²) < 4.78 is 64.5. The number of para-hydroxylation sites is 1. The van der Waals surface area contributed by atoms with Gasteiger partial charge in [0.1, 0.15) is 5.01 Å². The first kappa shape index (κ1) is 24.7. The molecule has 166 valence electrons. The Balaban J connectivity index is 0.00000320. The van der Waals surface area contributed by atoms with Crippen molar-refractivity contribution in [3.8, 4) is 0 Å².